The van der Waals surface area contributed by atoms with Crippen LogP contribution in [0, 0.1) is 0 Å². The summed E-state index contributed by atoms with van der Waals surface area (Å²) in [5, 5.41) is 9.01. The Labute approximate surface area is 41.0 Å². The Morgan fingerprint density at radius 3 is 2.57 bits per heavy atom. The zero-order valence-corrected chi connectivity index (χ0v) is 3.61. The van der Waals surface area contributed by atoms with E-state index in [1.807, 2.05) is 0 Å². The van der Waals surface area contributed by atoms with Crippen LogP contribution in [0.1, 0.15) is 0 Å². The van der Waals surface area contributed by atoms with Crippen molar-refractivity contribution in [3.05, 3.63) is 24.6 Å². The van der Waals surface area contributed by atoms with Crippen molar-refractivity contribution in [3.63, 3.8) is 0 Å². The third-order valence-electron chi connectivity index (χ3n) is 0.572. The third-order valence-corrected chi connectivity index (χ3v) is 0.572. The highest BCUT2D eigenvalue weighted by molar-refractivity contribution is 4.99. The number of hydrogen-bond acceptors (Lipinski definition) is 3. The lowest BCUT2D eigenvalue weighted by Crippen LogP contribution is -2.09. The number of hydrogen-bond donors (Lipinski definition) is 1. The summed E-state index contributed by atoms with van der Waals surface area (Å²) in [6.45, 7) is 0. The van der Waals surface area contributed by atoms with E-state index in [0.29, 0.717) is 5.23 Å². The summed E-state index contributed by atoms with van der Waals surface area (Å²) < 4.78 is 0. The van der Waals surface area contributed by atoms with Gasteiger partial charge < -0.3 is 4.84 Å². The van der Waals surface area contributed by atoms with Crippen LogP contribution >= 0.6 is 0 Å². The van der Waals surface area contributed by atoms with Gasteiger partial charge in [-0.05, 0) is 12.2 Å². The molecule has 7 heavy (non-hydrogen) atoms. The number of nitrogens with zero attached hydrogens (tertiary/aromatic N) is 1. The van der Waals surface area contributed by atoms with Gasteiger partial charge in [0.25, 0.3) is 0 Å². The molecule has 0 saturated carbocycles. The molecule has 0 fully saturated rings. The molecule has 0 aliphatic carbocycles. The van der Waals surface area contributed by atoms with Gasteiger partial charge in [-0.15, -0.1) is 0 Å². The largest absolute Gasteiger partial charge is 0.362 e. The second kappa shape index (κ2) is 1.66. The van der Waals surface area contributed by atoms with E-state index in [4.69, 9.17) is 5.21 Å². The van der Waals surface area contributed by atoms with Gasteiger partial charge in [0.05, 0.1) is 6.20 Å². The van der Waals surface area contributed by atoms with Crippen molar-refractivity contribution in [1.29, 1.82) is 0 Å². The van der Waals surface area contributed by atoms with Gasteiger partial charge in [0.2, 0.25) is 0 Å². The first-order valence-corrected chi connectivity index (χ1v) is 1.88. The highest BCUT2D eigenvalue weighted by Gasteiger charge is 1.88. The lowest BCUT2D eigenvalue weighted by atomic mass is 10.6. The quantitative estimate of drug-likeness (QED) is 0.484. The number of allylic oxidation sites excluding steroid dienone is 2. The molecule has 3 nitrogen and oxygen atoms in total. The molecule has 1 aliphatic heterocycles. The van der Waals surface area contributed by atoms with E-state index in [2.05, 4.69) is 4.84 Å². The standard InChI is InChI=1S/C4H5NO2/c6-5-3-1-2-4-7-5/h1-4,6H. The van der Waals surface area contributed by atoms with Crippen molar-refractivity contribution < 1.29 is 10.0 Å². The van der Waals surface area contributed by atoms with Gasteiger partial charge in [0, 0.05) is 0 Å². The number of hydroxylamine groups is 2. The minimum Gasteiger partial charge on any atom is -0.362 e. The SMILES string of the molecule is ON1C=CC=CO1. The van der Waals surface area contributed by atoms with Crippen LogP contribution in [0.5, 0.6) is 0 Å². The van der Waals surface area contributed by atoms with Gasteiger partial charge in [-0.1, -0.05) is 5.23 Å². The van der Waals surface area contributed by atoms with Gasteiger partial charge >= 0.3 is 0 Å². The van der Waals surface area contributed by atoms with E-state index < -0.39 is 0 Å². The van der Waals surface area contributed by atoms with Crippen molar-refractivity contribution >= 4 is 0 Å². The zero-order valence-electron chi connectivity index (χ0n) is 3.61. The summed E-state index contributed by atoms with van der Waals surface area (Å²) in [5.41, 5.74) is 0. The fraction of sp³-hybridized carbons (Fsp3) is 0. The lowest BCUT2D eigenvalue weighted by molar-refractivity contribution is -0.273. The molecule has 1 rings (SSSR count). The van der Waals surface area contributed by atoms with Crippen LogP contribution in [0.15, 0.2) is 24.6 Å². The molecule has 1 aliphatic rings. The van der Waals surface area contributed by atoms with E-state index in [1.165, 1.54) is 12.5 Å². The van der Waals surface area contributed by atoms with Crippen molar-refractivity contribution in [1.82, 2.24) is 5.23 Å². The van der Waals surface area contributed by atoms with Crippen molar-refractivity contribution in [2.45, 2.75) is 0 Å². The van der Waals surface area contributed by atoms with Gasteiger partial charge in [-0.3, -0.25) is 5.21 Å². The second-order valence-electron chi connectivity index (χ2n) is 1.08. The Hall–Kier alpha value is -0.960. The number of rotatable bonds is 0. The van der Waals surface area contributed by atoms with E-state index in [-0.39, 0.29) is 0 Å². The Morgan fingerprint density at radius 2 is 2.29 bits per heavy atom. The van der Waals surface area contributed by atoms with Gasteiger partial charge in [0.1, 0.15) is 6.26 Å². The molecule has 0 spiro atoms. The van der Waals surface area contributed by atoms with Crippen molar-refractivity contribution in [2.24, 2.45) is 0 Å². The molecule has 1 heterocycles. The first-order chi connectivity index (χ1) is 3.39. The predicted molar refractivity (Wildman–Crippen MR) is 23.0 cm³/mol. The average Bonchev–Trinajstić information content (AvgIpc) is 1.69. The maximum atomic E-state index is 8.38. The Balaban J connectivity index is 2.49. The molecule has 0 aromatic rings. The zero-order chi connectivity index (χ0) is 5.11. The Morgan fingerprint density at radius 1 is 1.43 bits per heavy atom. The first-order valence-electron chi connectivity index (χ1n) is 1.88. The molecule has 0 aromatic heterocycles. The van der Waals surface area contributed by atoms with Gasteiger partial charge in [-0.25, -0.2) is 0 Å². The first kappa shape index (κ1) is 4.21. The van der Waals surface area contributed by atoms with Crippen LogP contribution < -0.4 is 0 Å². The second-order valence-corrected chi connectivity index (χ2v) is 1.08. The summed E-state index contributed by atoms with van der Waals surface area (Å²) in [4.78, 5) is 4.40. The maximum absolute atomic E-state index is 8.38. The molecule has 0 radical (unpaired) electrons. The van der Waals surface area contributed by atoms with Gasteiger partial charge in [-0.2, -0.15) is 0 Å². The Kier molecular flexibility index (Phi) is 0.997. The van der Waals surface area contributed by atoms with Gasteiger partial charge in [0.15, 0.2) is 0 Å². The van der Waals surface area contributed by atoms with Crippen LogP contribution in [-0.2, 0) is 4.84 Å². The molecule has 3 heteroatoms. The molecule has 0 saturated heterocycles. The molecule has 0 aromatic carbocycles. The van der Waals surface area contributed by atoms with Crippen LogP contribution in [0.4, 0.5) is 0 Å². The molecule has 1 N–H and O–H groups in total. The summed E-state index contributed by atoms with van der Waals surface area (Å²) in [6, 6.07) is 0. The normalized spacial score (nSPS) is 17.0. The molecule has 0 unspecified atom stereocenters. The highest BCUT2D eigenvalue weighted by Crippen LogP contribution is 1.93. The lowest BCUT2D eigenvalue weighted by Gasteiger charge is -2.09. The minimum absolute atomic E-state index is 0.625. The van der Waals surface area contributed by atoms with E-state index in [1.54, 1.807) is 12.2 Å². The molecule has 0 atom stereocenters. The molecular weight excluding hydrogens is 94.0 g/mol. The van der Waals surface area contributed by atoms with Crippen LogP contribution in [-0.4, -0.2) is 10.4 Å². The highest BCUT2D eigenvalue weighted by atomic mass is 16.9. The minimum atomic E-state index is 0.625. The topological polar surface area (TPSA) is 32.7 Å². The smallest absolute Gasteiger partial charge is 0.122 e. The molecule has 38 valence electrons. The van der Waals surface area contributed by atoms with E-state index in [0.717, 1.165) is 0 Å². The van der Waals surface area contributed by atoms with E-state index in [9.17, 15) is 0 Å². The van der Waals surface area contributed by atoms with E-state index >= 15 is 0 Å². The summed E-state index contributed by atoms with van der Waals surface area (Å²) >= 11 is 0. The fourth-order valence-electron chi connectivity index (χ4n) is 0.301. The monoisotopic (exact) mass is 99.0 g/mol. The van der Waals surface area contributed by atoms with Crippen LogP contribution in [0.3, 0.4) is 0 Å². The van der Waals surface area contributed by atoms with Crippen molar-refractivity contribution in [3.8, 4) is 0 Å². The summed E-state index contributed by atoms with van der Waals surface area (Å²) in [6.07, 6.45) is 6.09. The van der Waals surface area contributed by atoms with Crippen LogP contribution in [0.25, 0.3) is 0 Å². The third kappa shape index (κ3) is 0.940. The fourth-order valence-corrected chi connectivity index (χ4v) is 0.301. The van der Waals surface area contributed by atoms with Crippen molar-refractivity contribution in [2.75, 3.05) is 0 Å². The molecule has 0 amide bonds. The summed E-state index contributed by atoms with van der Waals surface area (Å²) in [5.74, 6) is 0. The average molecular weight is 99.1 g/mol. The predicted octanol–water partition coefficient (Wildman–Crippen LogP) is 0.650. The summed E-state index contributed by atoms with van der Waals surface area (Å²) in [7, 11) is 0. The Bertz CT molecular complexity index is 108. The molecule has 0 bridgehead atoms. The maximum Gasteiger partial charge on any atom is 0.122 e. The van der Waals surface area contributed by atoms with Crippen LogP contribution in [0.2, 0.25) is 0 Å². The molecular formula is C4H5NO2.